The van der Waals surface area contributed by atoms with Gasteiger partial charge in [0.2, 0.25) is 0 Å². The van der Waals surface area contributed by atoms with Crippen molar-refractivity contribution in [2.45, 2.75) is 37.9 Å². The maximum Gasteiger partial charge on any atom is 0.254 e. The van der Waals surface area contributed by atoms with Crippen LogP contribution < -0.4 is 9.47 Å². The van der Waals surface area contributed by atoms with Gasteiger partial charge in [-0.3, -0.25) is 9.69 Å². The summed E-state index contributed by atoms with van der Waals surface area (Å²) in [5.41, 5.74) is 0.829. The third kappa shape index (κ3) is 4.29. The summed E-state index contributed by atoms with van der Waals surface area (Å²) in [5.74, 6) is 1.31. The van der Waals surface area contributed by atoms with Crippen LogP contribution in [0.3, 0.4) is 0 Å². The molecule has 0 saturated carbocycles. The molecule has 1 unspecified atom stereocenters. The van der Waals surface area contributed by atoms with Crippen molar-refractivity contribution in [3.63, 3.8) is 0 Å². The number of hydrogen-bond acceptors (Lipinski definition) is 6. The lowest BCUT2D eigenvalue weighted by molar-refractivity contribution is -0.120. The molecule has 3 aliphatic rings. The van der Waals surface area contributed by atoms with Crippen LogP contribution in [-0.2, 0) is 9.47 Å². The van der Waals surface area contributed by atoms with Crippen LogP contribution in [0.2, 0.25) is 0 Å². The van der Waals surface area contributed by atoms with Crippen molar-refractivity contribution in [3.05, 3.63) is 23.8 Å². The van der Waals surface area contributed by atoms with Gasteiger partial charge in [-0.05, 0) is 43.7 Å². The fourth-order valence-electron chi connectivity index (χ4n) is 5.10. The maximum atomic E-state index is 13.1. The molecule has 0 aromatic heterocycles. The quantitative estimate of drug-likeness (QED) is 0.707. The molecule has 3 fully saturated rings. The lowest BCUT2D eigenvalue weighted by Gasteiger charge is -2.47. The molecule has 3 aliphatic heterocycles. The molecular weight excluding hydrogens is 384 g/mol. The fraction of sp³-hybridized carbons (Fsp3) is 0.696. The minimum absolute atomic E-state index is 0.00476. The molecule has 4 rings (SSSR count). The summed E-state index contributed by atoms with van der Waals surface area (Å²) in [6.07, 6.45) is 3.36. The monoisotopic (exact) mass is 418 g/mol. The first kappa shape index (κ1) is 21.4. The van der Waals surface area contributed by atoms with Crippen LogP contribution in [0, 0.1) is 5.41 Å². The first-order chi connectivity index (χ1) is 14.4. The van der Waals surface area contributed by atoms with Gasteiger partial charge in [0.1, 0.15) is 11.5 Å². The number of amides is 1. The molecule has 166 valence electrons. The Labute approximate surface area is 179 Å². The van der Waals surface area contributed by atoms with Gasteiger partial charge in [0.15, 0.2) is 0 Å². The summed E-state index contributed by atoms with van der Waals surface area (Å²) < 4.78 is 22.3. The van der Waals surface area contributed by atoms with Gasteiger partial charge in [0.25, 0.3) is 5.91 Å². The molecule has 7 nitrogen and oxygen atoms in total. The van der Waals surface area contributed by atoms with Crippen LogP contribution in [0.1, 0.15) is 36.5 Å². The summed E-state index contributed by atoms with van der Waals surface area (Å²) in [6, 6.07) is 5.35. The molecule has 3 saturated heterocycles. The highest BCUT2D eigenvalue weighted by atomic mass is 16.5. The van der Waals surface area contributed by atoms with Crippen LogP contribution in [0.15, 0.2) is 18.2 Å². The van der Waals surface area contributed by atoms with Gasteiger partial charge in [-0.1, -0.05) is 0 Å². The third-order valence-electron chi connectivity index (χ3n) is 7.07. The number of piperidine rings is 1. The summed E-state index contributed by atoms with van der Waals surface area (Å²) in [6.45, 7) is 7.42. The van der Waals surface area contributed by atoms with Crippen molar-refractivity contribution in [3.8, 4) is 11.5 Å². The fourth-order valence-corrected chi connectivity index (χ4v) is 5.10. The van der Waals surface area contributed by atoms with Crippen LogP contribution in [0.4, 0.5) is 0 Å². The van der Waals surface area contributed by atoms with Gasteiger partial charge in [-0.15, -0.1) is 0 Å². The van der Waals surface area contributed by atoms with Crippen molar-refractivity contribution < 1.29 is 23.7 Å². The van der Waals surface area contributed by atoms with Gasteiger partial charge >= 0.3 is 0 Å². The molecule has 30 heavy (non-hydrogen) atoms. The van der Waals surface area contributed by atoms with E-state index in [0.717, 1.165) is 58.6 Å². The number of nitrogens with zero attached hydrogens (tertiary/aromatic N) is 2. The Morgan fingerprint density at radius 2 is 1.73 bits per heavy atom. The Bertz CT molecular complexity index is 747. The number of rotatable bonds is 6. The Morgan fingerprint density at radius 3 is 2.30 bits per heavy atom. The van der Waals surface area contributed by atoms with Crippen molar-refractivity contribution in [1.82, 2.24) is 9.80 Å². The number of likely N-dealkylation sites (tertiary alicyclic amines) is 2. The molecule has 0 radical (unpaired) electrons. The van der Waals surface area contributed by atoms with E-state index < -0.39 is 0 Å². The molecule has 7 heteroatoms. The number of carbonyl (C=O) groups excluding carboxylic acids is 1. The van der Waals surface area contributed by atoms with E-state index >= 15 is 0 Å². The molecule has 1 atom stereocenters. The van der Waals surface area contributed by atoms with Crippen LogP contribution in [0.5, 0.6) is 11.5 Å². The Morgan fingerprint density at radius 1 is 1.10 bits per heavy atom. The highest BCUT2D eigenvalue weighted by Crippen LogP contribution is 2.43. The number of hydrogen-bond donors (Lipinski definition) is 0. The molecule has 0 aliphatic carbocycles. The Kier molecular flexibility index (Phi) is 5.97. The first-order valence-electron chi connectivity index (χ1n) is 10.8. The van der Waals surface area contributed by atoms with Crippen LogP contribution >= 0.6 is 0 Å². The first-order valence-corrected chi connectivity index (χ1v) is 10.8. The SMILES string of the molecule is COc1cc(OC)cc(C(=O)N2CCC3(CC2)COC(CN2CC(C)(OC)C2)C3)c1. The second-order valence-corrected chi connectivity index (χ2v) is 9.35. The van der Waals surface area contributed by atoms with Crippen molar-refractivity contribution >= 4 is 5.91 Å². The number of benzene rings is 1. The second kappa shape index (κ2) is 8.36. The normalized spacial score (nSPS) is 25.2. The Balaban J connectivity index is 1.30. The zero-order valence-electron chi connectivity index (χ0n) is 18.6. The molecule has 0 N–H and O–H groups in total. The predicted molar refractivity (Wildman–Crippen MR) is 113 cm³/mol. The maximum absolute atomic E-state index is 13.1. The van der Waals surface area contributed by atoms with Crippen LogP contribution in [0.25, 0.3) is 0 Å². The minimum Gasteiger partial charge on any atom is -0.497 e. The largest absolute Gasteiger partial charge is 0.497 e. The van der Waals surface area contributed by atoms with Crippen LogP contribution in [-0.4, -0.2) is 88.1 Å². The smallest absolute Gasteiger partial charge is 0.254 e. The van der Waals surface area contributed by atoms with Gasteiger partial charge in [0.05, 0.1) is 32.5 Å². The topological polar surface area (TPSA) is 60.5 Å². The molecule has 1 aromatic rings. The number of ether oxygens (including phenoxy) is 4. The predicted octanol–water partition coefficient (Wildman–Crippen LogP) is 2.44. The summed E-state index contributed by atoms with van der Waals surface area (Å²) in [4.78, 5) is 17.4. The number of methoxy groups -OCH3 is 3. The molecule has 3 heterocycles. The average Bonchev–Trinajstić information content (AvgIpc) is 3.14. The number of carbonyl (C=O) groups is 1. The molecule has 0 bridgehead atoms. The molecule has 1 aromatic carbocycles. The van der Waals surface area contributed by atoms with Crippen molar-refractivity contribution in [1.29, 1.82) is 0 Å². The van der Waals surface area contributed by atoms with E-state index in [-0.39, 0.29) is 23.0 Å². The lowest BCUT2D eigenvalue weighted by Crippen LogP contribution is -2.62. The minimum atomic E-state index is 0.00476. The van der Waals surface area contributed by atoms with E-state index in [4.69, 9.17) is 18.9 Å². The van der Waals surface area contributed by atoms with E-state index in [2.05, 4.69) is 11.8 Å². The lowest BCUT2D eigenvalue weighted by atomic mass is 9.76. The summed E-state index contributed by atoms with van der Waals surface area (Å²) >= 11 is 0. The molecule has 1 amide bonds. The van der Waals surface area contributed by atoms with E-state index in [1.54, 1.807) is 39.5 Å². The van der Waals surface area contributed by atoms with E-state index in [9.17, 15) is 4.79 Å². The third-order valence-corrected chi connectivity index (χ3v) is 7.07. The zero-order chi connectivity index (χ0) is 21.4. The highest BCUT2D eigenvalue weighted by molar-refractivity contribution is 5.95. The zero-order valence-corrected chi connectivity index (χ0v) is 18.6. The molecule has 1 spiro atoms. The highest BCUT2D eigenvalue weighted by Gasteiger charge is 2.46. The standard InChI is InChI=1S/C23H34N2O5/c1-22(29-4)14-24(15-22)13-20-12-23(16-30-20)5-7-25(8-6-23)21(26)17-9-18(27-2)11-19(10-17)28-3/h9-11,20H,5-8,12-16H2,1-4H3. The molecular formula is C23H34N2O5. The van der Waals surface area contributed by atoms with E-state index in [1.807, 2.05) is 4.90 Å². The van der Waals surface area contributed by atoms with Gasteiger partial charge in [-0.2, -0.15) is 0 Å². The van der Waals surface area contributed by atoms with Gasteiger partial charge in [-0.25, -0.2) is 0 Å². The van der Waals surface area contributed by atoms with E-state index in [0.29, 0.717) is 17.1 Å². The van der Waals surface area contributed by atoms with Gasteiger partial charge < -0.3 is 23.8 Å². The van der Waals surface area contributed by atoms with E-state index in [1.165, 1.54) is 0 Å². The Hall–Kier alpha value is -1.83. The summed E-state index contributed by atoms with van der Waals surface area (Å²) in [5, 5.41) is 0. The van der Waals surface area contributed by atoms with Crippen molar-refractivity contribution in [2.75, 3.05) is 60.7 Å². The summed E-state index contributed by atoms with van der Waals surface area (Å²) in [7, 11) is 4.98. The van der Waals surface area contributed by atoms with Gasteiger partial charge in [0, 0.05) is 51.5 Å². The average molecular weight is 419 g/mol. The second-order valence-electron chi connectivity index (χ2n) is 9.35. The van der Waals surface area contributed by atoms with Crippen molar-refractivity contribution in [2.24, 2.45) is 5.41 Å².